The molecule has 2 heterocycles. The first-order chi connectivity index (χ1) is 14.1. The number of aryl methyl sites for hydroxylation is 1. The van der Waals surface area contributed by atoms with Crippen LogP contribution >= 0.6 is 0 Å². The molecule has 3 rings (SSSR count). The van der Waals surface area contributed by atoms with E-state index in [4.69, 9.17) is 0 Å². The Balaban J connectivity index is 1.65. The number of aromatic nitrogens is 2. The Morgan fingerprint density at radius 3 is 2.45 bits per heavy atom. The molecule has 0 radical (unpaired) electrons. The van der Waals surface area contributed by atoms with E-state index in [2.05, 4.69) is 41.6 Å². The Morgan fingerprint density at radius 1 is 0.966 bits per heavy atom. The summed E-state index contributed by atoms with van der Waals surface area (Å²) in [4.78, 5) is 29.6. The van der Waals surface area contributed by atoms with Crippen molar-refractivity contribution < 1.29 is 9.59 Å². The van der Waals surface area contributed by atoms with E-state index in [0.29, 0.717) is 24.5 Å². The zero-order valence-corrected chi connectivity index (χ0v) is 17.0. The molecule has 0 unspecified atom stereocenters. The van der Waals surface area contributed by atoms with Crippen LogP contribution in [0.2, 0.25) is 0 Å². The minimum absolute atomic E-state index is 0.235. The zero-order valence-electron chi connectivity index (χ0n) is 17.0. The van der Waals surface area contributed by atoms with Crippen LogP contribution in [0.3, 0.4) is 0 Å². The third-order valence-corrected chi connectivity index (χ3v) is 4.74. The number of imidazole rings is 1. The summed E-state index contributed by atoms with van der Waals surface area (Å²) in [5, 5.41) is 5.82. The number of amides is 2. The maximum absolute atomic E-state index is 12.7. The Morgan fingerprint density at radius 2 is 1.69 bits per heavy atom. The Bertz CT molecular complexity index is 963. The van der Waals surface area contributed by atoms with E-state index < -0.39 is 0 Å². The quantitative estimate of drug-likeness (QED) is 0.548. The van der Waals surface area contributed by atoms with Gasteiger partial charge in [-0.3, -0.25) is 14.0 Å². The molecular formula is C23H28N4O2. The van der Waals surface area contributed by atoms with E-state index in [0.717, 1.165) is 19.3 Å². The fraction of sp³-hybridized carbons (Fsp3) is 0.348. The number of nitrogens with one attached hydrogen (secondary N) is 2. The highest BCUT2D eigenvalue weighted by molar-refractivity contribution is 6.02. The summed E-state index contributed by atoms with van der Waals surface area (Å²) < 4.78 is 1.67. The molecule has 0 saturated heterocycles. The van der Waals surface area contributed by atoms with E-state index >= 15 is 0 Å². The summed E-state index contributed by atoms with van der Waals surface area (Å²) in [5.41, 5.74) is 2.15. The molecule has 0 aliphatic heterocycles. The molecular weight excluding hydrogens is 364 g/mol. The summed E-state index contributed by atoms with van der Waals surface area (Å²) >= 11 is 0. The van der Waals surface area contributed by atoms with Crippen molar-refractivity contribution in [2.24, 2.45) is 5.92 Å². The first kappa shape index (κ1) is 20.6. The predicted octanol–water partition coefficient (Wildman–Crippen LogP) is 3.47. The fourth-order valence-corrected chi connectivity index (χ4v) is 3.14. The van der Waals surface area contributed by atoms with Crippen molar-refractivity contribution >= 4 is 17.3 Å². The Hall–Kier alpha value is -3.15. The summed E-state index contributed by atoms with van der Waals surface area (Å²) in [5.74, 6) is 0.210. The van der Waals surface area contributed by atoms with Crippen molar-refractivity contribution in [1.29, 1.82) is 0 Å². The highest BCUT2D eigenvalue weighted by Crippen LogP contribution is 2.13. The summed E-state index contributed by atoms with van der Waals surface area (Å²) in [6.07, 6.45) is 4.38. The molecule has 0 saturated carbocycles. The summed E-state index contributed by atoms with van der Waals surface area (Å²) in [7, 11) is 0. The molecule has 1 aromatic carbocycles. The van der Waals surface area contributed by atoms with Gasteiger partial charge in [0.25, 0.3) is 11.8 Å². The molecule has 152 valence electrons. The SMILES string of the molecule is CC(C)CCNC(=O)c1nc(C(=O)NCCCc2ccccc2)c2ccccn12. The molecule has 0 aliphatic carbocycles. The molecule has 0 fully saturated rings. The smallest absolute Gasteiger partial charge is 0.287 e. The van der Waals surface area contributed by atoms with Gasteiger partial charge in [0.2, 0.25) is 5.82 Å². The van der Waals surface area contributed by atoms with Crippen LogP contribution in [0.5, 0.6) is 0 Å². The van der Waals surface area contributed by atoms with E-state index in [9.17, 15) is 9.59 Å². The van der Waals surface area contributed by atoms with Gasteiger partial charge in [0.1, 0.15) is 0 Å². The van der Waals surface area contributed by atoms with Crippen molar-refractivity contribution in [2.45, 2.75) is 33.1 Å². The molecule has 6 heteroatoms. The summed E-state index contributed by atoms with van der Waals surface area (Å²) in [6.45, 7) is 5.35. The molecule has 2 amide bonds. The molecule has 2 N–H and O–H groups in total. The number of hydrogen-bond donors (Lipinski definition) is 2. The first-order valence-corrected chi connectivity index (χ1v) is 10.1. The van der Waals surface area contributed by atoms with Crippen molar-refractivity contribution in [2.75, 3.05) is 13.1 Å². The number of nitrogens with zero attached hydrogens (tertiary/aromatic N) is 2. The lowest BCUT2D eigenvalue weighted by Crippen LogP contribution is -2.28. The van der Waals surface area contributed by atoms with Crippen LogP contribution in [0.4, 0.5) is 0 Å². The van der Waals surface area contributed by atoms with Crippen LogP contribution in [-0.4, -0.2) is 34.3 Å². The van der Waals surface area contributed by atoms with Crippen molar-refractivity contribution in [3.63, 3.8) is 0 Å². The predicted molar refractivity (Wildman–Crippen MR) is 114 cm³/mol. The molecule has 0 atom stereocenters. The van der Waals surface area contributed by atoms with Crippen LogP contribution in [-0.2, 0) is 6.42 Å². The van der Waals surface area contributed by atoms with E-state index in [1.54, 1.807) is 16.7 Å². The number of benzene rings is 1. The van der Waals surface area contributed by atoms with Crippen LogP contribution in [0.15, 0.2) is 54.7 Å². The molecule has 6 nitrogen and oxygen atoms in total. The molecule has 0 spiro atoms. The lowest BCUT2D eigenvalue weighted by atomic mass is 10.1. The molecule has 0 bridgehead atoms. The number of rotatable bonds is 9. The first-order valence-electron chi connectivity index (χ1n) is 10.1. The number of fused-ring (bicyclic) bond motifs is 1. The second-order valence-electron chi connectivity index (χ2n) is 7.52. The number of carbonyl (C=O) groups excluding carboxylic acids is 2. The van der Waals surface area contributed by atoms with Crippen LogP contribution < -0.4 is 10.6 Å². The third kappa shape index (κ3) is 5.44. The Kier molecular flexibility index (Phi) is 7.00. The topological polar surface area (TPSA) is 75.5 Å². The van der Waals surface area contributed by atoms with Gasteiger partial charge in [-0.1, -0.05) is 50.2 Å². The van der Waals surface area contributed by atoms with Gasteiger partial charge in [0.15, 0.2) is 5.69 Å². The van der Waals surface area contributed by atoms with Crippen LogP contribution in [0.1, 0.15) is 53.4 Å². The van der Waals surface area contributed by atoms with Crippen LogP contribution in [0.25, 0.3) is 5.52 Å². The minimum atomic E-state index is -0.269. The average Bonchev–Trinajstić information content (AvgIpc) is 3.11. The van der Waals surface area contributed by atoms with E-state index in [1.165, 1.54) is 5.56 Å². The van der Waals surface area contributed by atoms with Gasteiger partial charge in [-0.15, -0.1) is 0 Å². The third-order valence-electron chi connectivity index (χ3n) is 4.74. The maximum atomic E-state index is 12.7. The van der Waals surface area contributed by atoms with Crippen molar-refractivity contribution in [3.05, 3.63) is 71.8 Å². The minimum Gasteiger partial charge on any atom is -0.351 e. The second kappa shape index (κ2) is 9.87. The molecule has 2 aromatic heterocycles. The van der Waals surface area contributed by atoms with Gasteiger partial charge in [-0.2, -0.15) is 0 Å². The van der Waals surface area contributed by atoms with Gasteiger partial charge < -0.3 is 10.6 Å². The standard InChI is InChI=1S/C23H28N4O2/c1-17(2)13-15-25-23(29)21-26-20(19-12-6-7-16-27(19)21)22(28)24-14-8-11-18-9-4-3-5-10-18/h3-7,9-10,12,16-17H,8,11,13-15H2,1-2H3,(H,24,28)(H,25,29). The number of carbonyl (C=O) groups is 2. The zero-order chi connectivity index (χ0) is 20.6. The summed E-state index contributed by atoms with van der Waals surface area (Å²) in [6, 6.07) is 15.6. The van der Waals surface area contributed by atoms with Gasteiger partial charge >= 0.3 is 0 Å². The van der Waals surface area contributed by atoms with Gasteiger partial charge in [-0.05, 0) is 42.9 Å². The monoisotopic (exact) mass is 392 g/mol. The lowest BCUT2D eigenvalue weighted by Gasteiger charge is -2.06. The second-order valence-corrected chi connectivity index (χ2v) is 7.52. The highest BCUT2D eigenvalue weighted by Gasteiger charge is 2.21. The van der Waals surface area contributed by atoms with Gasteiger partial charge in [0, 0.05) is 19.3 Å². The van der Waals surface area contributed by atoms with Gasteiger partial charge in [-0.25, -0.2) is 4.98 Å². The van der Waals surface area contributed by atoms with Crippen molar-refractivity contribution in [3.8, 4) is 0 Å². The van der Waals surface area contributed by atoms with Crippen LogP contribution in [0, 0.1) is 5.92 Å². The van der Waals surface area contributed by atoms with Gasteiger partial charge in [0.05, 0.1) is 5.52 Å². The largest absolute Gasteiger partial charge is 0.351 e. The normalized spacial score (nSPS) is 11.0. The molecule has 3 aromatic rings. The highest BCUT2D eigenvalue weighted by atomic mass is 16.2. The number of pyridine rings is 1. The average molecular weight is 393 g/mol. The fourth-order valence-electron chi connectivity index (χ4n) is 3.14. The van der Waals surface area contributed by atoms with E-state index in [-0.39, 0.29) is 23.3 Å². The Labute approximate surface area is 171 Å². The number of hydrogen-bond acceptors (Lipinski definition) is 3. The lowest BCUT2D eigenvalue weighted by molar-refractivity contribution is 0.0941. The molecule has 0 aliphatic rings. The maximum Gasteiger partial charge on any atom is 0.287 e. The van der Waals surface area contributed by atoms with Crippen molar-refractivity contribution in [1.82, 2.24) is 20.0 Å². The molecule has 29 heavy (non-hydrogen) atoms. The van der Waals surface area contributed by atoms with E-state index in [1.807, 2.05) is 30.3 Å².